The second-order valence-electron chi connectivity index (χ2n) is 4.96. The van der Waals surface area contributed by atoms with Gasteiger partial charge in [-0.25, -0.2) is 0 Å². The summed E-state index contributed by atoms with van der Waals surface area (Å²) in [6.07, 6.45) is 3.17. The Hall–Kier alpha value is -1.06. The van der Waals surface area contributed by atoms with Gasteiger partial charge in [0.1, 0.15) is 5.75 Å². The minimum absolute atomic E-state index is 0.491. The maximum absolute atomic E-state index is 10.3. The molecule has 0 aromatic heterocycles. The van der Waals surface area contributed by atoms with Gasteiger partial charge in [-0.2, -0.15) is 0 Å². The van der Waals surface area contributed by atoms with Gasteiger partial charge in [-0.15, -0.1) is 0 Å². The van der Waals surface area contributed by atoms with Crippen molar-refractivity contribution in [3.8, 4) is 5.75 Å². The van der Waals surface area contributed by atoms with Gasteiger partial charge in [-0.3, -0.25) is 0 Å². The molecule has 3 heteroatoms. The van der Waals surface area contributed by atoms with Crippen LogP contribution in [0, 0.1) is 0 Å². The van der Waals surface area contributed by atoms with Gasteiger partial charge in [0, 0.05) is 12.1 Å². The zero-order chi connectivity index (χ0) is 14.1. The largest absolute Gasteiger partial charge is 0.493 e. The number of aliphatic hydroxyl groups is 1. The lowest BCUT2D eigenvalue weighted by Crippen LogP contribution is -2.26. The number of likely N-dealkylation sites (N-methyl/N-ethyl adjacent to an activating group) is 1. The number of unbranched alkanes of at least 4 members (excludes halogenated alkanes) is 2. The molecule has 1 aromatic rings. The Kier molecular flexibility index (Phi) is 7.53. The van der Waals surface area contributed by atoms with Gasteiger partial charge in [-0.05, 0) is 33.0 Å². The number of nitrogens with zero attached hydrogens (tertiary/aromatic N) is 1. The van der Waals surface area contributed by atoms with E-state index in [-0.39, 0.29) is 0 Å². The van der Waals surface area contributed by atoms with Crippen LogP contribution in [0.4, 0.5) is 0 Å². The summed E-state index contributed by atoms with van der Waals surface area (Å²) in [4.78, 5) is 2.18. The summed E-state index contributed by atoms with van der Waals surface area (Å²) in [5.74, 6) is 0.791. The smallest absolute Gasteiger partial charge is 0.125 e. The molecule has 0 spiro atoms. The normalized spacial score (nSPS) is 12.7. The maximum atomic E-state index is 10.3. The van der Waals surface area contributed by atoms with Crippen molar-refractivity contribution in [3.63, 3.8) is 0 Å². The van der Waals surface area contributed by atoms with E-state index in [2.05, 4.69) is 18.9 Å². The molecule has 0 heterocycles. The van der Waals surface area contributed by atoms with Gasteiger partial charge in [0.25, 0.3) is 0 Å². The van der Waals surface area contributed by atoms with Crippen molar-refractivity contribution in [3.05, 3.63) is 29.8 Å². The van der Waals surface area contributed by atoms with E-state index < -0.39 is 6.10 Å². The number of ether oxygens (including phenoxy) is 1. The second-order valence-corrected chi connectivity index (χ2v) is 4.96. The van der Waals surface area contributed by atoms with Gasteiger partial charge in [-0.1, -0.05) is 38.0 Å². The van der Waals surface area contributed by atoms with Crippen LogP contribution in [0.15, 0.2) is 24.3 Å². The Bertz CT molecular complexity index is 354. The highest BCUT2D eigenvalue weighted by Gasteiger charge is 2.14. The van der Waals surface area contributed by atoms with Crippen LogP contribution < -0.4 is 4.74 Å². The minimum Gasteiger partial charge on any atom is -0.493 e. The fraction of sp³-hybridized carbons (Fsp3) is 0.625. The monoisotopic (exact) mass is 265 g/mol. The predicted molar refractivity (Wildman–Crippen MR) is 79.6 cm³/mol. The molecule has 1 atom stereocenters. The summed E-state index contributed by atoms with van der Waals surface area (Å²) in [6.45, 7) is 6.46. The van der Waals surface area contributed by atoms with E-state index in [9.17, 15) is 5.11 Å². The molecule has 1 N–H and O–H groups in total. The Balaban J connectivity index is 2.54. The van der Waals surface area contributed by atoms with Crippen LogP contribution in [0.3, 0.4) is 0 Å². The fourth-order valence-electron chi connectivity index (χ4n) is 2.16. The zero-order valence-corrected chi connectivity index (χ0v) is 12.4. The van der Waals surface area contributed by atoms with Crippen molar-refractivity contribution < 1.29 is 9.84 Å². The van der Waals surface area contributed by atoms with Gasteiger partial charge in [0.2, 0.25) is 0 Å². The number of rotatable bonds is 9. The molecule has 19 heavy (non-hydrogen) atoms. The standard InChI is InChI=1S/C16H27NO2/c1-4-6-9-12-17(3)13-15(18)14-10-7-8-11-16(14)19-5-2/h7-8,10-11,15,18H,4-6,9,12-13H2,1-3H3. The van der Waals surface area contributed by atoms with Crippen LogP contribution in [0.25, 0.3) is 0 Å². The van der Waals surface area contributed by atoms with Crippen molar-refractivity contribution in [2.45, 2.75) is 39.2 Å². The molecule has 1 unspecified atom stereocenters. The molecule has 1 aromatic carbocycles. The maximum Gasteiger partial charge on any atom is 0.125 e. The Morgan fingerprint density at radius 3 is 2.63 bits per heavy atom. The average Bonchev–Trinajstić information content (AvgIpc) is 2.40. The number of aliphatic hydroxyl groups excluding tert-OH is 1. The molecule has 0 fully saturated rings. The van der Waals surface area contributed by atoms with Crippen LogP contribution >= 0.6 is 0 Å². The summed E-state index contributed by atoms with van der Waals surface area (Å²) in [7, 11) is 2.06. The molecule has 0 aliphatic rings. The fourth-order valence-corrected chi connectivity index (χ4v) is 2.16. The molecule has 0 saturated carbocycles. The Morgan fingerprint density at radius 2 is 1.95 bits per heavy atom. The molecule has 0 amide bonds. The Labute approximate surface area is 117 Å². The summed E-state index contributed by atoms with van der Waals surface area (Å²) < 4.78 is 5.56. The lowest BCUT2D eigenvalue weighted by Gasteiger charge is -2.22. The predicted octanol–water partition coefficient (Wildman–Crippen LogP) is 3.24. The molecule has 0 radical (unpaired) electrons. The van der Waals surface area contributed by atoms with E-state index in [0.717, 1.165) is 17.9 Å². The van der Waals surface area contributed by atoms with Gasteiger partial charge in [0.05, 0.1) is 12.7 Å². The molecule has 0 aliphatic heterocycles. The van der Waals surface area contributed by atoms with Crippen molar-refractivity contribution in [2.24, 2.45) is 0 Å². The number of hydrogen-bond donors (Lipinski definition) is 1. The van der Waals surface area contributed by atoms with Gasteiger partial charge < -0.3 is 14.7 Å². The molecule has 0 saturated heterocycles. The zero-order valence-electron chi connectivity index (χ0n) is 12.4. The molecule has 108 valence electrons. The topological polar surface area (TPSA) is 32.7 Å². The first-order valence-corrected chi connectivity index (χ1v) is 7.27. The lowest BCUT2D eigenvalue weighted by molar-refractivity contribution is 0.122. The molecule has 1 rings (SSSR count). The summed E-state index contributed by atoms with van der Waals surface area (Å²) in [5.41, 5.74) is 0.881. The molecular formula is C16H27NO2. The molecular weight excluding hydrogens is 238 g/mol. The highest BCUT2D eigenvalue weighted by molar-refractivity contribution is 5.35. The lowest BCUT2D eigenvalue weighted by atomic mass is 10.1. The summed E-state index contributed by atoms with van der Waals surface area (Å²) in [5, 5.41) is 10.3. The third-order valence-corrected chi connectivity index (χ3v) is 3.21. The van der Waals surface area contributed by atoms with E-state index in [1.807, 2.05) is 31.2 Å². The SMILES string of the molecule is CCCCCN(C)CC(O)c1ccccc1OCC. The second kappa shape index (κ2) is 8.94. The van der Waals surface area contributed by atoms with Crippen LogP contribution in [-0.2, 0) is 0 Å². The van der Waals surface area contributed by atoms with Gasteiger partial charge >= 0.3 is 0 Å². The van der Waals surface area contributed by atoms with E-state index in [1.54, 1.807) is 0 Å². The van der Waals surface area contributed by atoms with E-state index >= 15 is 0 Å². The van der Waals surface area contributed by atoms with Crippen LogP contribution in [0.5, 0.6) is 5.75 Å². The van der Waals surface area contributed by atoms with Crippen molar-refractivity contribution in [1.29, 1.82) is 0 Å². The molecule has 3 nitrogen and oxygen atoms in total. The van der Waals surface area contributed by atoms with E-state index in [1.165, 1.54) is 19.3 Å². The average molecular weight is 265 g/mol. The van der Waals surface area contributed by atoms with Crippen LogP contribution in [0.2, 0.25) is 0 Å². The van der Waals surface area contributed by atoms with Gasteiger partial charge in [0.15, 0.2) is 0 Å². The number of para-hydroxylation sites is 1. The quantitative estimate of drug-likeness (QED) is 0.696. The third kappa shape index (κ3) is 5.62. The van der Waals surface area contributed by atoms with Crippen LogP contribution in [0.1, 0.15) is 44.8 Å². The first-order chi connectivity index (χ1) is 9.19. The summed E-state index contributed by atoms with van der Waals surface area (Å²) >= 11 is 0. The van der Waals surface area contributed by atoms with E-state index in [0.29, 0.717) is 13.2 Å². The van der Waals surface area contributed by atoms with E-state index in [4.69, 9.17) is 4.74 Å². The minimum atomic E-state index is -0.491. The first kappa shape index (κ1) is 16.0. The first-order valence-electron chi connectivity index (χ1n) is 7.27. The van der Waals surface area contributed by atoms with Crippen molar-refractivity contribution in [1.82, 2.24) is 4.90 Å². The Morgan fingerprint density at radius 1 is 1.21 bits per heavy atom. The molecule has 0 bridgehead atoms. The number of benzene rings is 1. The highest BCUT2D eigenvalue weighted by atomic mass is 16.5. The highest BCUT2D eigenvalue weighted by Crippen LogP contribution is 2.25. The van der Waals surface area contributed by atoms with Crippen molar-refractivity contribution >= 4 is 0 Å². The molecule has 0 aliphatic carbocycles. The number of hydrogen-bond acceptors (Lipinski definition) is 3. The van der Waals surface area contributed by atoms with Crippen LogP contribution in [-0.4, -0.2) is 36.8 Å². The third-order valence-electron chi connectivity index (χ3n) is 3.21. The van der Waals surface area contributed by atoms with Crippen molar-refractivity contribution in [2.75, 3.05) is 26.7 Å². The summed E-state index contributed by atoms with van der Waals surface area (Å²) in [6, 6.07) is 7.74.